The van der Waals surface area contributed by atoms with Crippen LogP contribution in [0.1, 0.15) is 25.3 Å². The Kier molecular flexibility index (Phi) is 6.21. The molecule has 1 amide bonds. The first-order valence-corrected chi connectivity index (χ1v) is 7.97. The van der Waals surface area contributed by atoms with Gasteiger partial charge in [-0.3, -0.25) is 9.69 Å². The molecule has 0 saturated carbocycles. The second-order valence-corrected chi connectivity index (χ2v) is 5.98. The number of amides is 1. The van der Waals surface area contributed by atoms with Gasteiger partial charge in [0.1, 0.15) is 5.75 Å². The Morgan fingerprint density at radius 1 is 1.27 bits per heavy atom. The fraction of sp³-hybridized carbons (Fsp3) is 0.588. The van der Waals surface area contributed by atoms with Crippen LogP contribution in [0.2, 0.25) is 0 Å². The molecule has 5 nitrogen and oxygen atoms in total. The highest BCUT2D eigenvalue weighted by molar-refractivity contribution is 5.76. The largest absolute Gasteiger partial charge is 0.496 e. The molecule has 0 spiro atoms. The smallest absolute Gasteiger partial charge is 0.222 e. The van der Waals surface area contributed by atoms with Crippen LogP contribution in [-0.4, -0.2) is 55.0 Å². The van der Waals surface area contributed by atoms with Gasteiger partial charge in [0, 0.05) is 50.7 Å². The molecule has 1 atom stereocenters. The lowest BCUT2D eigenvalue weighted by Crippen LogP contribution is -2.48. The molecule has 1 saturated heterocycles. The van der Waals surface area contributed by atoms with Crippen molar-refractivity contribution in [1.82, 2.24) is 9.80 Å². The van der Waals surface area contributed by atoms with E-state index in [9.17, 15) is 4.79 Å². The Labute approximate surface area is 133 Å². The van der Waals surface area contributed by atoms with Crippen LogP contribution in [0, 0.1) is 0 Å². The molecule has 0 aliphatic carbocycles. The summed E-state index contributed by atoms with van der Waals surface area (Å²) in [5, 5.41) is 0. The zero-order valence-corrected chi connectivity index (χ0v) is 13.6. The van der Waals surface area contributed by atoms with E-state index < -0.39 is 0 Å². The van der Waals surface area contributed by atoms with Gasteiger partial charge in [-0.05, 0) is 19.4 Å². The first-order chi connectivity index (χ1) is 10.6. The summed E-state index contributed by atoms with van der Waals surface area (Å²) < 4.78 is 5.40. The van der Waals surface area contributed by atoms with Crippen molar-refractivity contribution in [3.63, 3.8) is 0 Å². The number of hydrogen-bond donors (Lipinski definition) is 1. The molecule has 1 unspecified atom stereocenters. The van der Waals surface area contributed by atoms with Gasteiger partial charge in [0.15, 0.2) is 0 Å². The topological polar surface area (TPSA) is 58.8 Å². The van der Waals surface area contributed by atoms with Crippen LogP contribution in [-0.2, 0) is 11.3 Å². The van der Waals surface area contributed by atoms with Crippen molar-refractivity contribution < 1.29 is 9.53 Å². The molecule has 1 aliphatic rings. The van der Waals surface area contributed by atoms with Gasteiger partial charge in [0.2, 0.25) is 5.91 Å². The van der Waals surface area contributed by atoms with E-state index in [0.29, 0.717) is 6.42 Å². The Morgan fingerprint density at radius 2 is 1.95 bits per heavy atom. The Bertz CT molecular complexity index is 483. The standard InChI is InChI=1S/C17H27N3O2/c1-14(18)7-8-17(21)20-11-9-19(10-12-20)13-15-5-3-4-6-16(15)22-2/h3-6,14H,7-13,18H2,1-2H3. The molecule has 1 fully saturated rings. The quantitative estimate of drug-likeness (QED) is 0.864. The number of benzene rings is 1. The first-order valence-electron chi connectivity index (χ1n) is 7.97. The van der Waals surface area contributed by atoms with Crippen LogP contribution >= 0.6 is 0 Å². The Hall–Kier alpha value is -1.59. The third-order valence-electron chi connectivity index (χ3n) is 4.13. The van der Waals surface area contributed by atoms with E-state index in [4.69, 9.17) is 10.5 Å². The van der Waals surface area contributed by atoms with E-state index in [2.05, 4.69) is 11.0 Å². The van der Waals surface area contributed by atoms with Crippen molar-refractivity contribution in [1.29, 1.82) is 0 Å². The maximum absolute atomic E-state index is 12.1. The first kappa shape index (κ1) is 16.8. The van der Waals surface area contributed by atoms with Crippen molar-refractivity contribution in [3.05, 3.63) is 29.8 Å². The van der Waals surface area contributed by atoms with Crippen LogP contribution in [0.3, 0.4) is 0 Å². The average Bonchev–Trinajstić information content (AvgIpc) is 2.54. The molecule has 2 N–H and O–H groups in total. The van der Waals surface area contributed by atoms with Crippen LogP contribution in [0.25, 0.3) is 0 Å². The van der Waals surface area contributed by atoms with E-state index in [-0.39, 0.29) is 11.9 Å². The van der Waals surface area contributed by atoms with Gasteiger partial charge in [-0.1, -0.05) is 18.2 Å². The number of para-hydroxylation sites is 1. The highest BCUT2D eigenvalue weighted by atomic mass is 16.5. The number of nitrogens with two attached hydrogens (primary N) is 1. The second kappa shape index (κ2) is 8.15. The number of nitrogens with zero attached hydrogens (tertiary/aromatic N) is 2. The third kappa shape index (κ3) is 4.71. The van der Waals surface area contributed by atoms with Crippen molar-refractivity contribution in [2.24, 2.45) is 5.73 Å². The van der Waals surface area contributed by atoms with Gasteiger partial charge < -0.3 is 15.4 Å². The number of ether oxygens (including phenoxy) is 1. The van der Waals surface area contributed by atoms with Crippen LogP contribution < -0.4 is 10.5 Å². The van der Waals surface area contributed by atoms with Gasteiger partial charge in [-0.2, -0.15) is 0 Å². The maximum Gasteiger partial charge on any atom is 0.222 e. The van der Waals surface area contributed by atoms with Crippen molar-refractivity contribution in [2.45, 2.75) is 32.4 Å². The fourth-order valence-electron chi connectivity index (χ4n) is 2.74. The fourth-order valence-corrected chi connectivity index (χ4v) is 2.74. The van der Waals surface area contributed by atoms with Crippen molar-refractivity contribution in [2.75, 3.05) is 33.3 Å². The summed E-state index contributed by atoms with van der Waals surface area (Å²) in [4.78, 5) is 16.4. The predicted molar refractivity (Wildman–Crippen MR) is 87.7 cm³/mol. The SMILES string of the molecule is COc1ccccc1CN1CCN(C(=O)CCC(C)N)CC1. The molecular weight excluding hydrogens is 278 g/mol. The number of hydrogen-bond acceptors (Lipinski definition) is 4. The lowest BCUT2D eigenvalue weighted by Gasteiger charge is -2.35. The zero-order valence-electron chi connectivity index (χ0n) is 13.6. The minimum atomic E-state index is 0.0933. The van der Waals surface area contributed by atoms with Gasteiger partial charge in [0.25, 0.3) is 0 Å². The highest BCUT2D eigenvalue weighted by Gasteiger charge is 2.21. The summed E-state index contributed by atoms with van der Waals surface area (Å²) in [6, 6.07) is 8.20. The molecule has 2 rings (SSSR count). The van der Waals surface area contributed by atoms with Crippen LogP contribution in [0.4, 0.5) is 0 Å². The summed E-state index contributed by atoms with van der Waals surface area (Å²) in [5.41, 5.74) is 6.91. The summed E-state index contributed by atoms with van der Waals surface area (Å²) in [5.74, 6) is 1.16. The van der Waals surface area contributed by atoms with Crippen LogP contribution in [0.15, 0.2) is 24.3 Å². The number of carbonyl (C=O) groups is 1. The summed E-state index contributed by atoms with van der Waals surface area (Å²) in [6.45, 7) is 6.22. The molecule has 1 aromatic rings. The average molecular weight is 305 g/mol. The van der Waals surface area contributed by atoms with Gasteiger partial charge in [-0.25, -0.2) is 0 Å². The molecule has 122 valence electrons. The predicted octanol–water partition coefficient (Wildman–Crippen LogP) is 1.47. The molecule has 1 aromatic carbocycles. The monoisotopic (exact) mass is 305 g/mol. The van der Waals surface area contributed by atoms with Gasteiger partial charge >= 0.3 is 0 Å². The van der Waals surface area contributed by atoms with Crippen LogP contribution in [0.5, 0.6) is 5.75 Å². The van der Waals surface area contributed by atoms with Gasteiger partial charge in [0.05, 0.1) is 7.11 Å². The van der Waals surface area contributed by atoms with Crippen molar-refractivity contribution >= 4 is 5.91 Å². The summed E-state index contributed by atoms with van der Waals surface area (Å²) in [7, 11) is 1.70. The van der Waals surface area contributed by atoms with E-state index in [1.165, 1.54) is 5.56 Å². The molecular formula is C17H27N3O2. The number of carbonyl (C=O) groups excluding carboxylic acids is 1. The molecule has 0 radical (unpaired) electrons. The van der Waals surface area contributed by atoms with E-state index in [1.807, 2.05) is 30.0 Å². The Morgan fingerprint density at radius 3 is 2.59 bits per heavy atom. The minimum absolute atomic E-state index is 0.0933. The molecule has 1 aliphatic heterocycles. The number of rotatable bonds is 6. The maximum atomic E-state index is 12.1. The van der Waals surface area contributed by atoms with Gasteiger partial charge in [-0.15, -0.1) is 0 Å². The number of piperazine rings is 1. The third-order valence-corrected chi connectivity index (χ3v) is 4.13. The molecule has 1 heterocycles. The number of methoxy groups -OCH3 is 1. The Balaban J connectivity index is 1.81. The zero-order chi connectivity index (χ0) is 15.9. The summed E-state index contributed by atoms with van der Waals surface area (Å²) in [6.07, 6.45) is 1.32. The molecule has 5 heteroatoms. The van der Waals surface area contributed by atoms with E-state index in [0.717, 1.165) is 44.9 Å². The summed E-state index contributed by atoms with van der Waals surface area (Å²) >= 11 is 0. The van der Waals surface area contributed by atoms with E-state index in [1.54, 1.807) is 7.11 Å². The molecule has 0 bridgehead atoms. The van der Waals surface area contributed by atoms with E-state index >= 15 is 0 Å². The normalized spacial score (nSPS) is 17.3. The molecule has 0 aromatic heterocycles. The molecule has 22 heavy (non-hydrogen) atoms. The van der Waals surface area contributed by atoms with Crippen molar-refractivity contribution in [3.8, 4) is 5.75 Å². The minimum Gasteiger partial charge on any atom is -0.496 e. The second-order valence-electron chi connectivity index (χ2n) is 5.98. The lowest BCUT2D eigenvalue weighted by molar-refractivity contribution is -0.133. The lowest BCUT2D eigenvalue weighted by atomic mass is 10.1. The highest BCUT2D eigenvalue weighted by Crippen LogP contribution is 2.20.